The predicted molar refractivity (Wildman–Crippen MR) is 71.9 cm³/mol. The number of imidazole rings is 1. The molecule has 0 aliphatic heterocycles. The number of hydrogen-bond donors (Lipinski definition) is 0. The zero-order chi connectivity index (χ0) is 12.5. The lowest BCUT2D eigenvalue weighted by molar-refractivity contribution is 0.416. The zero-order valence-electron chi connectivity index (χ0n) is 10.4. The Kier molecular flexibility index (Phi) is 2.52. The molecule has 0 bridgehead atoms. The molecule has 0 saturated heterocycles. The van der Waals surface area contributed by atoms with E-state index in [-0.39, 0.29) is 0 Å². The number of benzene rings is 1. The molecular weight excluding hydrogens is 224 g/mol. The van der Waals surface area contributed by atoms with E-state index in [0.717, 1.165) is 22.7 Å². The van der Waals surface area contributed by atoms with Crippen LogP contribution >= 0.6 is 0 Å². The maximum Gasteiger partial charge on any atom is 0.148 e. The monoisotopic (exact) mass is 238 g/mol. The smallest absolute Gasteiger partial charge is 0.148 e. The summed E-state index contributed by atoms with van der Waals surface area (Å²) in [5.74, 6) is 1.74. The van der Waals surface area contributed by atoms with E-state index in [4.69, 9.17) is 4.74 Å². The lowest BCUT2D eigenvalue weighted by Crippen LogP contribution is -1.93. The minimum absolute atomic E-state index is 0.838. The third-order valence-electron chi connectivity index (χ3n) is 3.04. The number of rotatable bonds is 2. The third kappa shape index (κ3) is 1.64. The maximum atomic E-state index is 5.39. The number of hydrogen-bond acceptors (Lipinski definition) is 2. The molecule has 0 atom stereocenters. The van der Waals surface area contributed by atoms with Gasteiger partial charge in [-0.1, -0.05) is 12.1 Å². The Morgan fingerprint density at radius 2 is 2.00 bits per heavy atom. The van der Waals surface area contributed by atoms with Crippen molar-refractivity contribution in [2.45, 2.75) is 6.92 Å². The van der Waals surface area contributed by atoms with Crippen LogP contribution in [0.3, 0.4) is 0 Å². The average molecular weight is 238 g/mol. The van der Waals surface area contributed by atoms with Crippen molar-refractivity contribution in [1.82, 2.24) is 9.38 Å². The van der Waals surface area contributed by atoms with E-state index in [1.165, 1.54) is 5.56 Å². The first kappa shape index (κ1) is 10.8. The second kappa shape index (κ2) is 4.18. The van der Waals surface area contributed by atoms with Gasteiger partial charge >= 0.3 is 0 Å². The van der Waals surface area contributed by atoms with Gasteiger partial charge in [-0.2, -0.15) is 0 Å². The minimum atomic E-state index is 0.838. The summed E-state index contributed by atoms with van der Waals surface area (Å²) in [5.41, 5.74) is 3.33. The third-order valence-corrected chi connectivity index (χ3v) is 3.04. The van der Waals surface area contributed by atoms with Crippen molar-refractivity contribution in [2.75, 3.05) is 7.11 Å². The van der Waals surface area contributed by atoms with Gasteiger partial charge in [-0.25, -0.2) is 4.98 Å². The van der Waals surface area contributed by atoms with Crippen molar-refractivity contribution in [3.8, 4) is 17.1 Å². The molecule has 0 radical (unpaired) electrons. The lowest BCUT2D eigenvalue weighted by atomic mass is 10.2. The number of fused-ring (bicyclic) bond motifs is 1. The Bertz CT molecular complexity index is 701. The number of nitrogens with zero attached hydrogens (tertiary/aromatic N) is 2. The second-order valence-electron chi connectivity index (χ2n) is 4.28. The molecule has 0 spiro atoms. The molecule has 1 aromatic carbocycles. The number of aryl methyl sites for hydroxylation is 1. The van der Waals surface area contributed by atoms with E-state index >= 15 is 0 Å². The molecule has 0 saturated carbocycles. The Morgan fingerprint density at radius 3 is 2.83 bits per heavy atom. The van der Waals surface area contributed by atoms with E-state index in [9.17, 15) is 0 Å². The van der Waals surface area contributed by atoms with E-state index in [1.807, 2.05) is 36.7 Å². The molecule has 0 unspecified atom stereocenters. The Morgan fingerprint density at radius 1 is 1.17 bits per heavy atom. The fourth-order valence-corrected chi connectivity index (χ4v) is 2.14. The van der Waals surface area contributed by atoms with Crippen molar-refractivity contribution < 1.29 is 4.74 Å². The first-order valence-electron chi connectivity index (χ1n) is 5.86. The summed E-state index contributed by atoms with van der Waals surface area (Å²) >= 11 is 0. The summed E-state index contributed by atoms with van der Waals surface area (Å²) in [6.07, 6.45) is 3.92. The van der Waals surface area contributed by atoms with Crippen LogP contribution in [-0.2, 0) is 0 Å². The lowest BCUT2D eigenvalue weighted by Gasteiger charge is -2.07. The Labute approximate surface area is 106 Å². The van der Waals surface area contributed by atoms with Crippen molar-refractivity contribution in [1.29, 1.82) is 0 Å². The van der Waals surface area contributed by atoms with Gasteiger partial charge in [-0.3, -0.25) is 4.40 Å². The van der Waals surface area contributed by atoms with E-state index in [0.29, 0.717) is 0 Å². The van der Waals surface area contributed by atoms with Crippen molar-refractivity contribution in [2.24, 2.45) is 0 Å². The molecule has 2 aromatic heterocycles. The van der Waals surface area contributed by atoms with Gasteiger partial charge in [0.1, 0.15) is 11.6 Å². The first-order chi connectivity index (χ1) is 8.79. The van der Waals surface area contributed by atoms with E-state index in [1.54, 1.807) is 7.11 Å². The maximum absolute atomic E-state index is 5.39. The molecular formula is C15H14N2O. The molecule has 0 fully saturated rings. The standard InChI is InChI=1S/C15H14N2O/c1-11-7-8-17-12(9-11)10-16-15(17)13-5-3-4-6-14(13)18-2/h3-10H,1-2H3. The molecule has 0 amide bonds. The van der Waals surface area contributed by atoms with Crippen LogP contribution in [0.4, 0.5) is 0 Å². The molecule has 0 aliphatic rings. The van der Waals surface area contributed by atoms with Crippen LogP contribution in [0, 0.1) is 6.92 Å². The molecule has 3 rings (SSSR count). The topological polar surface area (TPSA) is 26.5 Å². The molecule has 3 nitrogen and oxygen atoms in total. The normalized spacial score (nSPS) is 10.8. The van der Waals surface area contributed by atoms with Gasteiger partial charge in [-0.05, 0) is 36.8 Å². The number of aromatic nitrogens is 2. The van der Waals surface area contributed by atoms with Crippen LogP contribution in [0.2, 0.25) is 0 Å². The second-order valence-corrected chi connectivity index (χ2v) is 4.28. The van der Waals surface area contributed by atoms with Crippen LogP contribution in [0.15, 0.2) is 48.8 Å². The van der Waals surface area contributed by atoms with Gasteiger partial charge in [0.2, 0.25) is 0 Å². The number of ether oxygens (including phenoxy) is 1. The van der Waals surface area contributed by atoms with E-state index < -0.39 is 0 Å². The summed E-state index contributed by atoms with van der Waals surface area (Å²) in [7, 11) is 1.68. The van der Waals surface area contributed by atoms with E-state index in [2.05, 4.69) is 28.4 Å². The summed E-state index contributed by atoms with van der Waals surface area (Å²) in [6, 6.07) is 12.1. The van der Waals surface area contributed by atoms with Crippen LogP contribution in [-0.4, -0.2) is 16.5 Å². The molecule has 0 aliphatic carbocycles. The SMILES string of the molecule is COc1ccccc1-c1ncc2cc(C)ccn12. The average Bonchev–Trinajstić information content (AvgIpc) is 2.81. The summed E-state index contributed by atoms with van der Waals surface area (Å²) in [5, 5.41) is 0. The van der Waals surface area contributed by atoms with Crippen LogP contribution in [0.25, 0.3) is 16.9 Å². The number of para-hydroxylation sites is 1. The molecule has 3 aromatic rings. The fraction of sp³-hybridized carbons (Fsp3) is 0.133. The van der Waals surface area contributed by atoms with Crippen molar-refractivity contribution in [3.05, 3.63) is 54.4 Å². The summed E-state index contributed by atoms with van der Waals surface area (Å²) in [4.78, 5) is 4.50. The molecule has 90 valence electrons. The highest BCUT2D eigenvalue weighted by atomic mass is 16.5. The van der Waals surface area contributed by atoms with Gasteiger partial charge in [-0.15, -0.1) is 0 Å². The van der Waals surface area contributed by atoms with Gasteiger partial charge < -0.3 is 4.74 Å². The first-order valence-corrected chi connectivity index (χ1v) is 5.86. The molecule has 18 heavy (non-hydrogen) atoms. The Balaban J connectivity index is 2.26. The Hall–Kier alpha value is -2.29. The predicted octanol–water partition coefficient (Wildman–Crippen LogP) is 3.32. The quantitative estimate of drug-likeness (QED) is 0.684. The van der Waals surface area contributed by atoms with Crippen LogP contribution in [0.1, 0.15) is 5.56 Å². The highest BCUT2D eigenvalue weighted by Crippen LogP contribution is 2.29. The highest BCUT2D eigenvalue weighted by molar-refractivity contribution is 5.68. The number of pyridine rings is 1. The van der Waals surface area contributed by atoms with Crippen LogP contribution in [0.5, 0.6) is 5.75 Å². The van der Waals surface area contributed by atoms with Gasteiger partial charge in [0, 0.05) is 6.20 Å². The van der Waals surface area contributed by atoms with Gasteiger partial charge in [0.15, 0.2) is 0 Å². The number of methoxy groups -OCH3 is 1. The van der Waals surface area contributed by atoms with Gasteiger partial charge in [0.25, 0.3) is 0 Å². The molecule has 2 heterocycles. The minimum Gasteiger partial charge on any atom is -0.496 e. The van der Waals surface area contributed by atoms with Crippen LogP contribution < -0.4 is 4.74 Å². The largest absolute Gasteiger partial charge is 0.496 e. The summed E-state index contributed by atoms with van der Waals surface area (Å²) < 4.78 is 7.46. The summed E-state index contributed by atoms with van der Waals surface area (Å²) in [6.45, 7) is 2.08. The highest BCUT2D eigenvalue weighted by Gasteiger charge is 2.10. The zero-order valence-corrected chi connectivity index (χ0v) is 10.4. The van der Waals surface area contributed by atoms with Gasteiger partial charge in [0.05, 0.1) is 24.4 Å². The molecule has 3 heteroatoms. The van der Waals surface area contributed by atoms with Crippen molar-refractivity contribution >= 4 is 5.52 Å². The fourth-order valence-electron chi connectivity index (χ4n) is 2.14. The van der Waals surface area contributed by atoms with Crippen molar-refractivity contribution in [3.63, 3.8) is 0 Å². The molecule has 0 N–H and O–H groups in total.